The number of carbonyl (C=O) groups is 2. The van der Waals surface area contributed by atoms with Crippen molar-refractivity contribution in [3.05, 3.63) is 30.5 Å². The molecule has 6 nitrogen and oxygen atoms in total. The van der Waals surface area contributed by atoms with E-state index in [0.29, 0.717) is 18.9 Å². The second-order valence-corrected chi connectivity index (χ2v) is 7.03. The highest BCUT2D eigenvalue weighted by Gasteiger charge is 2.33. The number of nitrogens with zero attached hydrogens (tertiary/aromatic N) is 2. The van der Waals surface area contributed by atoms with Crippen LogP contribution in [-0.4, -0.2) is 41.0 Å². The van der Waals surface area contributed by atoms with Crippen molar-refractivity contribution in [2.75, 3.05) is 18.9 Å². The van der Waals surface area contributed by atoms with Crippen molar-refractivity contribution in [1.29, 1.82) is 0 Å². The third-order valence-corrected chi connectivity index (χ3v) is 4.65. The Balaban J connectivity index is 1.74. The molecule has 3 rings (SSSR count). The SMILES string of the molecule is CNC(=O)C1CCCN1C(=O)Nc1ccc2c(ccn2CC(C)C)c1. The molecule has 2 N–H and O–H groups in total. The maximum absolute atomic E-state index is 12.6. The predicted octanol–water partition coefficient (Wildman–Crippen LogP) is 3.04. The van der Waals surface area contributed by atoms with E-state index < -0.39 is 0 Å². The topological polar surface area (TPSA) is 66.4 Å². The van der Waals surface area contributed by atoms with E-state index in [4.69, 9.17) is 0 Å². The second kappa shape index (κ2) is 7.17. The molecule has 1 saturated heterocycles. The van der Waals surface area contributed by atoms with Crippen LogP contribution in [0.5, 0.6) is 0 Å². The number of urea groups is 1. The Morgan fingerprint density at radius 3 is 2.80 bits per heavy atom. The van der Waals surface area contributed by atoms with Crippen molar-refractivity contribution in [1.82, 2.24) is 14.8 Å². The lowest BCUT2D eigenvalue weighted by molar-refractivity contribution is -0.124. The molecule has 25 heavy (non-hydrogen) atoms. The Bertz CT molecular complexity index is 781. The van der Waals surface area contributed by atoms with Gasteiger partial charge < -0.3 is 20.1 Å². The quantitative estimate of drug-likeness (QED) is 0.897. The zero-order chi connectivity index (χ0) is 18.0. The highest BCUT2D eigenvalue weighted by atomic mass is 16.2. The van der Waals surface area contributed by atoms with Crippen LogP contribution in [0.25, 0.3) is 10.9 Å². The third-order valence-electron chi connectivity index (χ3n) is 4.65. The summed E-state index contributed by atoms with van der Waals surface area (Å²) in [4.78, 5) is 26.1. The summed E-state index contributed by atoms with van der Waals surface area (Å²) in [6.45, 7) is 5.96. The molecular weight excluding hydrogens is 316 g/mol. The molecule has 6 heteroatoms. The molecule has 1 atom stereocenters. The molecule has 1 aliphatic heterocycles. The van der Waals surface area contributed by atoms with Gasteiger partial charge in [-0.3, -0.25) is 4.79 Å². The number of rotatable bonds is 4. The smallest absolute Gasteiger partial charge is 0.322 e. The Morgan fingerprint density at radius 2 is 2.08 bits per heavy atom. The number of likely N-dealkylation sites (N-methyl/N-ethyl adjacent to an activating group) is 1. The van der Waals surface area contributed by atoms with E-state index >= 15 is 0 Å². The van der Waals surface area contributed by atoms with E-state index in [1.54, 1.807) is 11.9 Å². The maximum Gasteiger partial charge on any atom is 0.322 e. The molecule has 0 bridgehead atoms. The number of hydrogen-bond acceptors (Lipinski definition) is 2. The molecule has 1 aromatic carbocycles. The van der Waals surface area contributed by atoms with E-state index in [-0.39, 0.29) is 18.0 Å². The van der Waals surface area contributed by atoms with E-state index in [2.05, 4.69) is 41.3 Å². The fourth-order valence-electron chi connectivity index (χ4n) is 3.47. The number of benzene rings is 1. The average Bonchev–Trinajstić information content (AvgIpc) is 3.21. The molecule has 1 aliphatic rings. The Labute approximate surface area is 148 Å². The first-order valence-corrected chi connectivity index (χ1v) is 8.87. The van der Waals surface area contributed by atoms with Gasteiger partial charge in [-0.1, -0.05) is 13.8 Å². The number of likely N-dealkylation sites (tertiary alicyclic amines) is 1. The van der Waals surface area contributed by atoms with Crippen molar-refractivity contribution >= 4 is 28.5 Å². The molecule has 2 aromatic rings. The lowest BCUT2D eigenvalue weighted by Gasteiger charge is -2.23. The number of aromatic nitrogens is 1. The molecule has 1 unspecified atom stereocenters. The van der Waals surface area contributed by atoms with Gasteiger partial charge in [0, 0.05) is 42.9 Å². The van der Waals surface area contributed by atoms with Crippen LogP contribution in [0.1, 0.15) is 26.7 Å². The van der Waals surface area contributed by atoms with Crippen LogP contribution in [0.2, 0.25) is 0 Å². The number of carbonyl (C=O) groups excluding carboxylic acids is 2. The monoisotopic (exact) mass is 342 g/mol. The molecule has 0 radical (unpaired) electrons. The molecule has 1 aromatic heterocycles. The predicted molar refractivity (Wildman–Crippen MR) is 99.6 cm³/mol. The van der Waals surface area contributed by atoms with Crippen LogP contribution in [0.4, 0.5) is 10.5 Å². The van der Waals surface area contributed by atoms with Crippen molar-refractivity contribution in [2.24, 2.45) is 5.92 Å². The van der Waals surface area contributed by atoms with Gasteiger partial charge >= 0.3 is 6.03 Å². The first-order chi connectivity index (χ1) is 12.0. The highest BCUT2D eigenvalue weighted by Crippen LogP contribution is 2.23. The van der Waals surface area contributed by atoms with Crippen LogP contribution < -0.4 is 10.6 Å². The third kappa shape index (κ3) is 3.62. The van der Waals surface area contributed by atoms with Crippen LogP contribution in [-0.2, 0) is 11.3 Å². The zero-order valence-electron chi connectivity index (χ0n) is 15.1. The van der Waals surface area contributed by atoms with E-state index in [9.17, 15) is 9.59 Å². The molecule has 1 fully saturated rings. The number of amides is 3. The standard InChI is InChI=1S/C19H26N4O2/c1-13(2)12-22-10-8-14-11-15(6-7-16(14)22)21-19(25)23-9-4-5-17(23)18(24)20-3/h6-8,10-11,13,17H,4-5,9,12H2,1-3H3,(H,20,24)(H,21,25). The summed E-state index contributed by atoms with van der Waals surface area (Å²) < 4.78 is 2.23. The minimum atomic E-state index is -0.374. The summed E-state index contributed by atoms with van der Waals surface area (Å²) in [6.07, 6.45) is 3.64. The summed E-state index contributed by atoms with van der Waals surface area (Å²) in [7, 11) is 1.60. The van der Waals surface area contributed by atoms with E-state index in [1.165, 1.54) is 0 Å². The van der Waals surface area contributed by atoms with Crippen molar-refractivity contribution in [3.63, 3.8) is 0 Å². The van der Waals surface area contributed by atoms with Gasteiger partial charge in [-0.15, -0.1) is 0 Å². The molecular formula is C19H26N4O2. The first-order valence-electron chi connectivity index (χ1n) is 8.87. The Morgan fingerprint density at radius 1 is 1.28 bits per heavy atom. The van der Waals surface area contributed by atoms with Gasteiger partial charge in [-0.05, 0) is 43.0 Å². The molecule has 3 amide bonds. The average molecular weight is 342 g/mol. The van der Waals surface area contributed by atoms with Crippen molar-refractivity contribution < 1.29 is 9.59 Å². The summed E-state index contributed by atoms with van der Waals surface area (Å²) in [5, 5.41) is 6.67. The van der Waals surface area contributed by atoms with Gasteiger partial charge in [0.25, 0.3) is 0 Å². The zero-order valence-corrected chi connectivity index (χ0v) is 15.1. The highest BCUT2D eigenvalue weighted by molar-refractivity contribution is 5.96. The minimum Gasteiger partial charge on any atom is -0.357 e. The summed E-state index contributed by atoms with van der Waals surface area (Å²) in [5.74, 6) is 0.473. The maximum atomic E-state index is 12.6. The van der Waals surface area contributed by atoms with Gasteiger partial charge in [0.2, 0.25) is 5.91 Å². The lowest BCUT2D eigenvalue weighted by Crippen LogP contribution is -2.46. The molecule has 2 heterocycles. The summed E-state index contributed by atoms with van der Waals surface area (Å²) >= 11 is 0. The van der Waals surface area contributed by atoms with Gasteiger partial charge in [-0.2, -0.15) is 0 Å². The van der Waals surface area contributed by atoms with Gasteiger partial charge in [0.05, 0.1) is 0 Å². The van der Waals surface area contributed by atoms with Crippen LogP contribution >= 0.6 is 0 Å². The molecule has 134 valence electrons. The van der Waals surface area contributed by atoms with Gasteiger partial charge in [0.15, 0.2) is 0 Å². The summed E-state index contributed by atoms with van der Waals surface area (Å²) in [5.41, 5.74) is 1.92. The van der Waals surface area contributed by atoms with Crippen LogP contribution in [0.15, 0.2) is 30.5 Å². The van der Waals surface area contributed by atoms with Crippen LogP contribution in [0, 0.1) is 5.92 Å². The van der Waals surface area contributed by atoms with Gasteiger partial charge in [0.1, 0.15) is 6.04 Å². The molecule has 0 spiro atoms. The summed E-state index contributed by atoms with van der Waals surface area (Å²) in [6, 6.07) is 7.41. The Kier molecular flexibility index (Phi) is 4.97. The van der Waals surface area contributed by atoms with Gasteiger partial charge in [-0.25, -0.2) is 4.79 Å². The number of nitrogens with one attached hydrogen (secondary N) is 2. The fourth-order valence-corrected chi connectivity index (χ4v) is 3.47. The Hall–Kier alpha value is -2.50. The fraction of sp³-hybridized carbons (Fsp3) is 0.474. The van der Waals surface area contributed by atoms with E-state index in [1.807, 2.05) is 18.2 Å². The first kappa shape index (κ1) is 17.3. The number of anilines is 1. The van der Waals surface area contributed by atoms with Crippen molar-refractivity contribution in [3.8, 4) is 0 Å². The van der Waals surface area contributed by atoms with E-state index in [0.717, 1.165) is 29.6 Å². The lowest BCUT2D eigenvalue weighted by atomic mass is 10.2. The molecule has 0 aliphatic carbocycles. The molecule has 0 saturated carbocycles. The largest absolute Gasteiger partial charge is 0.357 e. The van der Waals surface area contributed by atoms with Crippen LogP contribution in [0.3, 0.4) is 0 Å². The normalized spacial score (nSPS) is 17.3. The minimum absolute atomic E-state index is 0.103. The second-order valence-electron chi connectivity index (χ2n) is 7.03. The van der Waals surface area contributed by atoms with Crippen molar-refractivity contribution in [2.45, 2.75) is 39.3 Å². The number of fused-ring (bicyclic) bond motifs is 1. The number of hydrogen-bond donors (Lipinski definition) is 2.